The molecule has 2 nitrogen and oxygen atoms in total. The van der Waals surface area contributed by atoms with Gasteiger partial charge in [-0.05, 0) is 75.7 Å². The molecular weight excluding hydrogens is 256 g/mol. The van der Waals surface area contributed by atoms with E-state index in [1.807, 2.05) is 0 Å². The lowest BCUT2D eigenvalue weighted by molar-refractivity contribution is 0.0767. The molecule has 0 amide bonds. The summed E-state index contributed by atoms with van der Waals surface area (Å²) in [6.07, 6.45) is 5.96. The lowest BCUT2D eigenvalue weighted by atomic mass is 9.79. The molecule has 1 aliphatic heterocycles. The predicted octanol–water partition coefficient (Wildman–Crippen LogP) is 3.83. The molecule has 1 aromatic carbocycles. The summed E-state index contributed by atoms with van der Waals surface area (Å²) in [6.45, 7) is 11.5. The Kier molecular flexibility index (Phi) is 5.45. The number of hydrogen-bond donors (Lipinski definition) is 1. The number of hydrogen-bond acceptors (Lipinski definition) is 2. The average Bonchev–Trinajstić information content (AvgIpc) is 3.00. The van der Waals surface area contributed by atoms with Gasteiger partial charge >= 0.3 is 0 Å². The number of nitrogens with zero attached hydrogens (tertiary/aromatic N) is 1. The molecule has 2 N–H and O–H groups in total. The summed E-state index contributed by atoms with van der Waals surface area (Å²) < 4.78 is 0. The van der Waals surface area contributed by atoms with Crippen LogP contribution < -0.4 is 5.73 Å². The van der Waals surface area contributed by atoms with E-state index in [1.54, 1.807) is 0 Å². The zero-order valence-corrected chi connectivity index (χ0v) is 14.3. The van der Waals surface area contributed by atoms with Crippen molar-refractivity contribution in [1.82, 2.24) is 4.90 Å². The maximum Gasteiger partial charge on any atom is 0.0358 e. The highest BCUT2D eigenvalue weighted by Gasteiger charge is 2.40. The quantitative estimate of drug-likeness (QED) is 0.862. The fraction of sp³-hybridized carbons (Fsp3) is 0.684. The van der Waals surface area contributed by atoms with Crippen LogP contribution >= 0.6 is 0 Å². The molecular formula is C19H32N2. The van der Waals surface area contributed by atoms with Gasteiger partial charge in [0.15, 0.2) is 0 Å². The summed E-state index contributed by atoms with van der Waals surface area (Å²) in [7, 11) is 0. The maximum atomic E-state index is 6.78. The van der Waals surface area contributed by atoms with Gasteiger partial charge < -0.3 is 5.73 Å². The standard InChI is InChI=1S/C19H32N2/c1-5-19(6-2,21-12-7-8-13-21)18(20)14-17-15(3)10-9-11-16(17)4/h9-11,18H,5-8,12-14,20H2,1-4H3. The first kappa shape index (κ1) is 16.5. The van der Waals surface area contributed by atoms with Crippen molar-refractivity contribution in [2.75, 3.05) is 13.1 Å². The Morgan fingerprint density at radius 3 is 2.10 bits per heavy atom. The molecule has 0 aromatic heterocycles. The fourth-order valence-electron chi connectivity index (χ4n) is 4.20. The molecule has 0 aliphatic carbocycles. The van der Waals surface area contributed by atoms with Crippen LogP contribution in [0.1, 0.15) is 56.2 Å². The van der Waals surface area contributed by atoms with Gasteiger partial charge in [0.25, 0.3) is 0 Å². The molecule has 1 atom stereocenters. The highest BCUT2D eigenvalue weighted by molar-refractivity contribution is 5.34. The van der Waals surface area contributed by atoms with Crippen LogP contribution in [0.3, 0.4) is 0 Å². The first-order valence-electron chi connectivity index (χ1n) is 8.61. The molecule has 2 rings (SSSR count). The highest BCUT2D eigenvalue weighted by atomic mass is 15.2. The van der Waals surface area contributed by atoms with Crippen LogP contribution in [0.5, 0.6) is 0 Å². The van der Waals surface area contributed by atoms with E-state index in [-0.39, 0.29) is 11.6 Å². The molecule has 0 radical (unpaired) electrons. The number of likely N-dealkylation sites (tertiary alicyclic amines) is 1. The fourth-order valence-corrected chi connectivity index (χ4v) is 4.20. The van der Waals surface area contributed by atoms with Gasteiger partial charge in [-0.15, -0.1) is 0 Å². The predicted molar refractivity (Wildman–Crippen MR) is 91.7 cm³/mol. The smallest absolute Gasteiger partial charge is 0.0358 e. The van der Waals surface area contributed by atoms with E-state index in [2.05, 4.69) is 50.8 Å². The van der Waals surface area contributed by atoms with Crippen LogP contribution in [-0.2, 0) is 6.42 Å². The molecule has 0 spiro atoms. The molecule has 1 fully saturated rings. The minimum absolute atomic E-state index is 0.172. The van der Waals surface area contributed by atoms with Gasteiger partial charge in [0.1, 0.15) is 0 Å². The van der Waals surface area contributed by atoms with Gasteiger partial charge in [-0.1, -0.05) is 32.0 Å². The van der Waals surface area contributed by atoms with Crippen molar-refractivity contribution in [3.05, 3.63) is 34.9 Å². The lowest BCUT2D eigenvalue weighted by Gasteiger charge is -2.45. The topological polar surface area (TPSA) is 29.3 Å². The molecule has 2 heteroatoms. The lowest BCUT2D eigenvalue weighted by Crippen LogP contribution is -2.59. The summed E-state index contributed by atoms with van der Waals surface area (Å²) >= 11 is 0. The molecule has 21 heavy (non-hydrogen) atoms. The third-order valence-electron chi connectivity index (χ3n) is 5.72. The minimum atomic E-state index is 0.172. The zero-order valence-electron chi connectivity index (χ0n) is 14.3. The largest absolute Gasteiger partial charge is 0.326 e. The second-order valence-corrected chi connectivity index (χ2v) is 6.69. The van der Waals surface area contributed by atoms with Gasteiger partial charge in [0.05, 0.1) is 0 Å². The molecule has 118 valence electrons. The molecule has 0 bridgehead atoms. The Hall–Kier alpha value is -0.860. The van der Waals surface area contributed by atoms with Crippen molar-refractivity contribution < 1.29 is 0 Å². The van der Waals surface area contributed by atoms with Crippen molar-refractivity contribution in [2.45, 2.75) is 71.4 Å². The second-order valence-electron chi connectivity index (χ2n) is 6.69. The van der Waals surface area contributed by atoms with Crippen LogP contribution in [0.15, 0.2) is 18.2 Å². The van der Waals surface area contributed by atoms with E-state index in [4.69, 9.17) is 5.73 Å². The van der Waals surface area contributed by atoms with Crippen LogP contribution in [0.25, 0.3) is 0 Å². The average molecular weight is 288 g/mol. The first-order chi connectivity index (χ1) is 10.0. The van der Waals surface area contributed by atoms with Crippen molar-refractivity contribution >= 4 is 0 Å². The van der Waals surface area contributed by atoms with Crippen LogP contribution in [0, 0.1) is 13.8 Å². The Bertz CT molecular complexity index is 436. The van der Waals surface area contributed by atoms with Gasteiger partial charge in [-0.3, -0.25) is 4.90 Å². The summed E-state index contributed by atoms with van der Waals surface area (Å²) in [5, 5.41) is 0. The number of rotatable bonds is 6. The van der Waals surface area contributed by atoms with Crippen molar-refractivity contribution in [3.63, 3.8) is 0 Å². The van der Waals surface area contributed by atoms with Crippen LogP contribution in [-0.4, -0.2) is 29.6 Å². The summed E-state index contributed by atoms with van der Waals surface area (Å²) in [4.78, 5) is 2.67. The van der Waals surface area contributed by atoms with Crippen LogP contribution in [0.4, 0.5) is 0 Å². The number of nitrogens with two attached hydrogens (primary N) is 1. The molecule has 0 saturated carbocycles. The van der Waals surface area contributed by atoms with Crippen molar-refractivity contribution in [3.8, 4) is 0 Å². The summed E-state index contributed by atoms with van der Waals surface area (Å²) in [5.74, 6) is 0. The SMILES string of the molecule is CCC(CC)(C(N)Cc1c(C)cccc1C)N1CCCC1. The van der Waals surface area contributed by atoms with Crippen molar-refractivity contribution in [1.29, 1.82) is 0 Å². The molecule has 1 unspecified atom stereocenters. The number of benzene rings is 1. The summed E-state index contributed by atoms with van der Waals surface area (Å²) in [6, 6.07) is 6.78. The van der Waals surface area contributed by atoms with E-state index in [0.717, 1.165) is 19.3 Å². The van der Waals surface area contributed by atoms with Gasteiger partial charge in [-0.2, -0.15) is 0 Å². The normalized spacial score (nSPS) is 18.1. The Morgan fingerprint density at radius 1 is 1.10 bits per heavy atom. The van der Waals surface area contributed by atoms with Gasteiger partial charge in [-0.25, -0.2) is 0 Å². The first-order valence-corrected chi connectivity index (χ1v) is 8.61. The Morgan fingerprint density at radius 2 is 1.62 bits per heavy atom. The molecule has 1 heterocycles. The third-order valence-corrected chi connectivity index (χ3v) is 5.72. The van der Waals surface area contributed by atoms with Gasteiger partial charge in [0.2, 0.25) is 0 Å². The monoisotopic (exact) mass is 288 g/mol. The molecule has 1 aliphatic rings. The van der Waals surface area contributed by atoms with E-state index in [0.29, 0.717) is 0 Å². The molecule has 1 aromatic rings. The zero-order chi connectivity index (χ0) is 15.5. The third kappa shape index (κ3) is 3.17. The van der Waals surface area contributed by atoms with E-state index < -0.39 is 0 Å². The highest BCUT2D eigenvalue weighted by Crippen LogP contribution is 2.32. The van der Waals surface area contributed by atoms with E-state index >= 15 is 0 Å². The van der Waals surface area contributed by atoms with E-state index in [1.165, 1.54) is 42.6 Å². The van der Waals surface area contributed by atoms with E-state index in [9.17, 15) is 0 Å². The van der Waals surface area contributed by atoms with Gasteiger partial charge in [0, 0.05) is 11.6 Å². The van der Waals surface area contributed by atoms with Crippen molar-refractivity contribution in [2.24, 2.45) is 5.73 Å². The Balaban J connectivity index is 2.24. The second kappa shape index (κ2) is 6.93. The molecule has 1 saturated heterocycles. The van der Waals surface area contributed by atoms with Crippen LogP contribution in [0.2, 0.25) is 0 Å². The minimum Gasteiger partial charge on any atom is -0.326 e. The maximum absolute atomic E-state index is 6.78. The summed E-state index contributed by atoms with van der Waals surface area (Å²) in [5.41, 5.74) is 11.2. The Labute approximate surface area is 130 Å². The number of aryl methyl sites for hydroxylation is 2.